The highest BCUT2D eigenvalue weighted by atomic mass is 19.4. The van der Waals surface area contributed by atoms with Crippen LogP contribution in [-0.4, -0.2) is 11.8 Å². The summed E-state index contributed by atoms with van der Waals surface area (Å²) in [5.41, 5.74) is 4.61. The monoisotopic (exact) mass is 388 g/mol. The molecule has 0 bridgehead atoms. The summed E-state index contributed by atoms with van der Waals surface area (Å²) in [4.78, 5) is 23.9. The maximum Gasteiger partial charge on any atom is 0.416 e. The van der Waals surface area contributed by atoms with Crippen LogP contribution in [0.25, 0.3) is 11.3 Å². The van der Waals surface area contributed by atoms with E-state index in [1.54, 1.807) is 24.3 Å². The van der Waals surface area contributed by atoms with Gasteiger partial charge in [0.25, 0.3) is 0 Å². The Balaban J connectivity index is 1.62. The first-order valence-electron chi connectivity index (χ1n) is 8.23. The highest BCUT2D eigenvalue weighted by molar-refractivity contribution is 5.93. The zero-order valence-electron chi connectivity index (χ0n) is 14.4. The standard InChI is InChI=1S/C20H15F3N2O3/c21-20(22,23)15-8-4-7-14(12-15)16-9-10-17(28-16)19(27)25-24-18(26)11-13-5-2-1-3-6-13/h1-10,12H,11H2,(H,24,26)(H,25,27). The summed E-state index contributed by atoms with van der Waals surface area (Å²) in [7, 11) is 0. The van der Waals surface area contributed by atoms with Gasteiger partial charge < -0.3 is 4.42 Å². The Kier molecular flexibility index (Phi) is 5.49. The summed E-state index contributed by atoms with van der Waals surface area (Å²) in [6, 6.07) is 16.2. The molecule has 144 valence electrons. The first-order valence-corrected chi connectivity index (χ1v) is 8.23. The third kappa shape index (κ3) is 4.79. The highest BCUT2D eigenvalue weighted by Gasteiger charge is 2.30. The van der Waals surface area contributed by atoms with Crippen LogP contribution in [0, 0.1) is 0 Å². The number of carbonyl (C=O) groups excluding carboxylic acids is 2. The molecule has 1 heterocycles. The zero-order chi connectivity index (χ0) is 20.1. The van der Waals surface area contributed by atoms with Gasteiger partial charge in [-0.1, -0.05) is 42.5 Å². The molecule has 2 amide bonds. The van der Waals surface area contributed by atoms with Crippen LogP contribution >= 0.6 is 0 Å². The van der Waals surface area contributed by atoms with E-state index < -0.39 is 23.6 Å². The Morgan fingerprint density at radius 3 is 2.36 bits per heavy atom. The average molecular weight is 388 g/mol. The summed E-state index contributed by atoms with van der Waals surface area (Å²) in [5.74, 6) is -1.19. The van der Waals surface area contributed by atoms with Gasteiger partial charge in [0.2, 0.25) is 5.91 Å². The van der Waals surface area contributed by atoms with Gasteiger partial charge in [0, 0.05) is 5.56 Å². The third-order valence-electron chi connectivity index (χ3n) is 3.83. The second kappa shape index (κ2) is 7.99. The number of alkyl halides is 3. The van der Waals surface area contributed by atoms with E-state index in [9.17, 15) is 22.8 Å². The topological polar surface area (TPSA) is 71.3 Å². The molecule has 0 unspecified atom stereocenters. The summed E-state index contributed by atoms with van der Waals surface area (Å²) in [6.07, 6.45) is -4.40. The van der Waals surface area contributed by atoms with E-state index in [-0.39, 0.29) is 23.5 Å². The van der Waals surface area contributed by atoms with E-state index in [1.165, 1.54) is 24.3 Å². The number of halogens is 3. The summed E-state index contributed by atoms with van der Waals surface area (Å²) < 4.78 is 43.8. The normalized spacial score (nSPS) is 11.1. The minimum atomic E-state index is -4.48. The molecule has 0 fully saturated rings. The number of hydrogen-bond acceptors (Lipinski definition) is 3. The van der Waals surface area contributed by atoms with Crippen molar-refractivity contribution >= 4 is 11.8 Å². The largest absolute Gasteiger partial charge is 0.451 e. The second-order valence-electron chi connectivity index (χ2n) is 5.91. The van der Waals surface area contributed by atoms with Crippen molar-refractivity contribution in [3.05, 3.63) is 83.6 Å². The number of carbonyl (C=O) groups is 2. The van der Waals surface area contributed by atoms with E-state index in [2.05, 4.69) is 10.9 Å². The quantitative estimate of drug-likeness (QED) is 0.665. The number of rotatable bonds is 4. The van der Waals surface area contributed by atoms with E-state index >= 15 is 0 Å². The molecule has 0 aliphatic heterocycles. The summed E-state index contributed by atoms with van der Waals surface area (Å²) >= 11 is 0. The first kappa shape index (κ1) is 19.2. The Bertz CT molecular complexity index is 982. The van der Waals surface area contributed by atoms with Gasteiger partial charge >= 0.3 is 12.1 Å². The molecular weight excluding hydrogens is 373 g/mol. The lowest BCUT2D eigenvalue weighted by Crippen LogP contribution is -2.42. The first-order chi connectivity index (χ1) is 13.3. The maximum atomic E-state index is 12.8. The highest BCUT2D eigenvalue weighted by Crippen LogP contribution is 2.32. The number of amides is 2. The lowest BCUT2D eigenvalue weighted by atomic mass is 10.1. The van der Waals surface area contributed by atoms with Crippen molar-refractivity contribution in [3.8, 4) is 11.3 Å². The molecule has 28 heavy (non-hydrogen) atoms. The van der Waals surface area contributed by atoms with Crippen LogP contribution in [-0.2, 0) is 17.4 Å². The predicted molar refractivity (Wildman–Crippen MR) is 94.9 cm³/mol. The fourth-order valence-corrected chi connectivity index (χ4v) is 2.48. The van der Waals surface area contributed by atoms with Crippen molar-refractivity contribution in [2.24, 2.45) is 0 Å². The molecule has 1 aromatic heterocycles. The van der Waals surface area contributed by atoms with Gasteiger partial charge in [-0.05, 0) is 29.8 Å². The number of benzene rings is 2. The fourth-order valence-electron chi connectivity index (χ4n) is 2.48. The third-order valence-corrected chi connectivity index (χ3v) is 3.83. The van der Waals surface area contributed by atoms with E-state index in [0.717, 1.165) is 17.7 Å². The Morgan fingerprint density at radius 2 is 1.64 bits per heavy atom. The molecule has 0 saturated heterocycles. The van der Waals surface area contributed by atoms with E-state index in [0.29, 0.717) is 0 Å². The van der Waals surface area contributed by atoms with Crippen molar-refractivity contribution in [3.63, 3.8) is 0 Å². The van der Waals surface area contributed by atoms with Gasteiger partial charge in [-0.25, -0.2) is 0 Å². The Morgan fingerprint density at radius 1 is 0.893 bits per heavy atom. The van der Waals surface area contributed by atoms with Crippen molar-refractivity contribution in [1.82, 2.24) is 10.9 Å². The van der Waals surface area contributed by atoms with Crippen LogP contribution in [0.1, 0.15) is 21.7 Å². The lowest BCUT2D eigenvalue weighted by molar-refractivity contribution is -0.137. The molecule has 0 atom stereocenters. The molecule has 3 aromatic rings. The SMILES string of the molecule is O=C(Cc1ccccc1)NNC(=O)c1ccc(-c2cccc(C(F)(F)F)c2)o1. The Hall–Kier alpha value is -3.55. The van der Waals surface area contributed by atoms with Crippen LogP contribution in [0.15, 0.2) is 71.1 Å². The van der Waals surface area contributed by atoms with Crippen LogP contribution < -0.4 is 10.9 Å². The fraction of sp³-hybridized carbons (Fsp3) is 0.100. The van der Waals surface area contributed by atoms with E-state index in [1.807, 2.05) is 6.07 Å². The minimum Gasteiger partial charge on any atom is -0.451 e. The number of furan rings is 1. The second-order valence-corrected chi connectivity index (χ2v) is 5.91. The van der Waals surface area contributed by atoms with Gasteiger partial charge in [-0.3, -0.25) is 20.4 Å². The molecule has 5 nitrogen and oxygen atoms in total. The van der Waals surface area contributed by atoms with E-state index in [4.69, 9.17) is 4.42 Å². The van der Waals surface area contributed by atoms with Crippen molar-refractivity contribution < 1.29 is 27.2 Å². The van der Waals surface area contributed by atoms with Gasteiger partial charge in [-0.15, -0.1) is 0 Å². The van der Waals surface area contributed by atoms with Crippen LogP contribution in [0.5, 0.6) is 0 Å². The lowest BCUT2D eigenvalue weighted by Gasteiger charge is -2.07. The number of hydrogen-bond donors (Lipinski definition) is 2. The van der Waals surface area contributed by atoms with Crippen molar-refractivity contribution in [2.75, 3.05) is 0 Å². The van der Waals surface area contributed by atoms with Gasteiger partial charge in [0.1, 0.15) is 5.76 Å². The molecule has 2 aromatic carbocycles. The molecule has 3 rings (SSSR count). The zero-order valence-corrected chi connectivity index (χ0v) is 14.4. The Labute approximate surface area is 158 Å². The molecule has 8 heteroatoms. The summed E-state index contributed by atoms with van der Waals surface area (Å²) in [5, 5.41) is 0. The van der Waals surface area contributed by atoms with Crippen molar-refractivity contribution in [1.29, 1.82) is 0 Å². The number of hydrazine groups is 1. The molecule has 0 saturated carbocycles. The van der Waals surface area contributed by atoms with Gasteiger partial charge in [-0.2, -0.15) is 13.2 Å². The smallest absolute Gasteiger partial charge is 0.416 e. The summed E-state index contributed by atoms with van der Waals surface area (Å²) in [6.45, 7) is 0. The average Bonchev–Trinajstić information content (AvgIpc) is 3.17. The van der Waals surface area contributed by atoms with Gasteiger partial charge in [0.05, 0.1) is 12.0 Å². The molecule has 0 radical (unpaired) electrons. The molecular formula is C20H15F3N2O3. The molecule has 0 aliphatic rings. The maximum absolute atomic E-state index is 12.8. The van der Waals surface area contributed by atoms with Crippen LogP contribution in [0.4, 0.5) is 13.2 Å². The van der Waals surface area contributed by atoms with Gasteiger partial charge in [0.15, 0.2) is 5.76 Å². The van der Waals surface area contributed by atoms with Crippen molar-refractivity contribution in [2.45, 2.75) is 12.6 Å². The molecule has 0 aliphatic carbocycles. The molecule has 2 N–H and O–H groups in total. The van der Waals surface area contributed by atoms with Crippen LogP contribution in [0.2, 0.25) is 0 Å². The molecule has 0 spiro atoms. The predicted octanol–water partition coefficient (Wildman–Crippen LogP) is 3.97. The van der Waals surface area contributed by atoms with Crippen LogP contribution in [0.3, 0.4) is 0 Å². The number of nitrogens with one attached hydrogen (secondary N) is 2. The minimum absolute atomic E-state index is 0.0781.